The molecule has 6 nitrogen and oxygen atoms in total. The van der Waals surface area contributed by atoms with E-state index in [0.717, 1.165) is 16.7 Å². The number of hydrogen-bond donors (Lipinski definition) is 2. The highest BCUT2D eigenvalue weighted by Gasteiger charge is 2.40. The van der Waals surface area contributed by atoms with Crippen molar-refractivity contribution in [3.63, 3.8) is 0 Å². The minimum absolute atomic E-state index is 0.0474. The van der Waals surface area contributed by atoms with E-state index in [1.54, 1.807) is 0 Å². The number of thiocarbonyl (C=S) groups is 1. The van der Waals surface area contributed by atoms with Crippen molar-refractivity contribution in [2.45, 2.75) is 18.9 Å². The number of aliphatic carboxylic acids is 2. The highest BCUT2D eigenvalue weighted by molar-refractivity contribution is 8.26. The Hall–Kier alpha value is -2.26. The van der Waals surface area contributed by atoms with Crippen LogP contribution < -0.4 is 0 Å². The van der Waals surface area contributed by atoms with Gasteiger partial charge in [-0.15, -0.1) is 0 Å². The van der Waals surface area contributed by atoms with Crippen molar-refractivity contribution in [3.8, 4) is 0 Å². The predicted octanol–water partition coefficient (Wildman–Crippen LogP) is 2.34. The lowest BCUT2D eigenvalue weighted by Crippen LogP contribution is -2.44. The maximum Gasteiger partial charge on any atom is 0.326 e. The van der Waals surface area contributed by atoms with Crippen LogP contribution >= 0.6 is 24.0 Å². The molecule has 2 N–H and O–H groups in total. The van der Waals surface area contributed by atoms with Gasteiger partial charge < -0.3 is 10.2 Å². The molecule has 0 saturated carbocycles. The fourth-order valence-corrected chi connectivity index (χ4v) is 3.44. The molecule has 1 saturated heterocycles. The summed E-state index contributed by atoms with van der Waals surface area (Å²) in [6.45, 7) is 0. The summed E-state index contributed by atoms with van der Waals surface area (Å²) in [5, 5.41) is 18.0. The minimum atomic E-state index is -1.34. The fourth-order valence-electron chi connectivity index (χ4n) is 2.08. The van der Waals surface area contributed by atoms with Gasteiger partial charge in [-0.25, -0.2) is 9.18 Å². The van der Waals surface area contributed by atoms with Crippen molar-refractivity contribution in [3.05, 3.63) is 40.6 Å². The number of carbonyl (C=O) groups is 3. The number of rotatable bonds is 6. The third kappa shape index (κ3) is 4.18. The lowest BCUT2D eigenvalue weighted by molar-refractivity contribution is -0.146. The zero-order valence-electron chi connectivity index (χ0n) is 12.1. The van der Waals surface area contributed by atoms with Crippen LogP contribution in [0.1, 0.15) is 18.4 Å². The van der Waals surface area contributed by atoms with E-state index in [9.17, 15) is 23.9 Å². The molecule has 2 rings (SSSR count). The number of nitrogens with zero attached hydrogens (tertiary/aromatic N) is 1. The number of hydrogen-bond acceptors (Lipinski definition) is 5. The highest BCUT2D eigenvalue weighted by Crippen LogP contribution is 2.34. The molecule has 1 amide bonds. The van der Waals surface area contributed by atoms with E-state index in [2.05, 4.69) is 0 Å². The Bertz CT molecular complexity index is 732. The normalized spacial score (nSPS) is 17.4. The van der Waals surface area contributed by atoms with E-state index in [4.69, 9.17) is 17.3 Å². The summed E-state index contributed by atoms with van der Waals surface area (Å²) >= 11 is 5.99. The van der Waals surface area contributed by atoms with Crippen molar-refractivity contribution in [2.24, 2.45) is 0 Å². The van der Waals surface area contributed by atoms with Gasteiger partial charge in [0.2, 0.25) is 0 Å². The summed E-state index contributed by atoms with van der Waals surface area (Å²) in [4.78, 5) is 35.6. The van der Waals surface area contributed by atoms with E-state index in [1.165, 1.54) is 30.3 Å². The van der Waals surface area contributed by atoms with Gasteiger partial charge in [-0.1, -0.05) is 36.1 Å². The Labute approximate surface area is 146 Å². The molecule has 9 heteroatoms. The Balaban J connectivity index is 2.24. The third-order valence-corrected chi connectivity index (χ3v) is 4.55. The largest absolute Gasteiger partial charge is 0.481 e. The molecule has 0 aromatic heterocycles. The first-order valence-electron chi connectivity index (χ1n) is 6.77. The van der Waals surface area contributed by atoms with Crippen molar-refractivity contribution in [2.75, 3.05) is 0 Å². The number of thioether (sulfide) groups is 1. The predicted molar refractivity (Wildman–Crippen MR) is 89.7 cm³/mol. The Morgan fingerprint density at radius 1 is 1.29 bits per heavy atom. The topological polar surface area (TPSA) is 94.9 Å². The number of amides is 1. The molecule has 0 aliphatic carbocycles. The van der Waals surface area contributed by atoms with E-state index in [1.807, 2.05) is 0 Å². The third-order valence-electron chi connectivity index (χ3n) is 3.22. The van der Waals surface area contributed by atoms with E-state index in [-0.39, 0.29) is 15.6 Å². The Kier molecular flexibility index (Phi) is 5.68. The molecule has 1 aromatic rings. The number of carbonyl (C=O) groups excluding carboxylic acids is 1. The summed E-state index contributed by atoms with van der Waals surface area (Å²) in [6, 6.07) is 4.08. The average Bonchev–Trinajstić information content (AvgIpc) is 2.77. The second kappa shape index (κ2) is 7.54. The van der Waals surface area contributed by atoms with E-state index >= 15 is 0 Å². The first kappa shape index (κ1) is 18.1. The molecule has 1 heterocycles. The summed E-state index contributed by atoms with van der Waals surface area (Å²) in [5.74, 6) is -3.50. The van der Waals surface area contributed by atoms with E-state index in [0.29, 0.717) is 5.56 Å². The van der Waals surface area contributed by atoms with Gasteiger partial charge in [0.15, 0.2) is 0 Å². The van der Waals surface area contributed by atoms with Crippen molar-refractivity contribution < 1.29 is 29.0 Å². The second-order valence-corrected chi connectivity index (χ2v) is 6.57. The van der Waals surface area contributed by atoms with Crippen LogP contribution in [0, 0.1) is 5.82 Å². The highest BCUT2D eigenvalue weighted by atomic mass is 32.2. The van der Waals surface area contributed by atoms with Crippen LogP contribution in [0.4, 0.5) is 4.39 Å². The van der Waals surface area contributed by atoms with Crippen LogP contribution in [0.25, 0.3) is 6.08 Å². The van der Waals surface area contributed by atoms with Crippen molar-refractivity contribution in [1.82, 2.24) is 4.90 Å². The van der Waals surface area contributed by atoms with Crippen LogP contribution in [0.3, 0.4) is 0 Å². The second-order valence-electron chi connectivity index (χ2n) is 4.89. The SMILES string of the molecule is O=C(O)CC[C@H](C(=O)O)N1C(=O)/C(=C\c2ccc(F)cc2)SC1=S. The number of benzene rings is 1. The van der Waals surface area contributed by atoms with Gasteiger partial charge >= 0.3 is 11.9 Å². The Morgan fingerprint density at radius 2 is 1.92 bits per heavy atom. The molecule has 1 fully saturated rings. The van der Waals surface area contributed by atoms with Crippen molar-refractivity contribution in [1.29, 1.82) is 0 Å². The van der Waals surface area contributed by atoms with Crippen LogP contribution in [-0.2, 0) is 14.4 Å². The maximum atomic E-state index is 12.9. The Morgan fingerprint density at radius 3 is 2.46 bits per heavy atom. The molecule has 1 aliphatic heterocycles. The monoisotopic (exact) mass is 369 g/mol. The van der Waals surface area contributed by atoms with E-state index < -0.39 is 36.1 Å². The molecule has 0 bridgehead atoms. The standard InChI is InChI=1S/C15H12FNO5S2/c16-9-3-1-8(2-4-9)7-11-13(20)17(15(23)24-11)10(14(21)22)5-6-12(18)19/h1-4,7,10H,5-6H2,(H,18,19)(H,21,22)/b11-7+/t10-/m1/s1. The molecule has 0 spiro atoms. The number of halogens is 1. The van der Waals surface area contributed by atoms with Gasteiger partial charge in [0.25, 0.3) is 5.91 Å². The summed E-state index contributed by atoms with van der Waals surface area (Å²) in [7, 11) is 0. The van der Waals surface area contributed by atoms with Gasteiger partial charge in [-0.05, 0) is 30.2 Å². The van der Waals surface area contributed by atoms with Crippen LogP contribution in [0.5, 0.6) is 0 Å². The zero-order valence-corrected chi connectivity index (χ0v) is 13.8. The molecular weight excluding hydrogens is 357 g/mol. The minimum Gasteiger partial charge on any atom is -0.481 e. The molecule has 1 atom stereocenters. The first-order chi connectivity index (χ1) is 11.3. The molecule has 0 radical (unpaired) electrons. The van der Waals surface area contributed by atoms with Gasteiger partial charge in [0, 0.05) is 6.42 Å². The number of carboxylic acid groups (broad SMARTS) is 2. The molecule has 126 valence electrons. The summed E-state index contributed by atoms with van der Waals surface area (Å²) in [6.07, 6.45) is 0.834. The molecular formula is C15H12FNO5S2. The fraction of sp³-hybridized carbons (Fsp3) is 0.200. The zero-order chi connectivity index (χ0) is 17.9. The number of carboxylic acids is 2. The van der Waals surface area contributed by atoms with Gasteiger partial charge in [-0.3, -0.25) is 14.5 Å². The lowest BCUT2D eigenvalue weighted by atomic mass is 10.1. The lowest BCUT2D eigenvalue weighted by Gasteiger charge is -2.22. The first-order valence-corrected chi connectivity index (χ1v) is 7.99. The van der Waals surface area contributed by atoms with Crippen LogP contribution in [0.15, 0.2) is 29.2 Å². The quantitative estimate of drug-likeness (QED) is 0.587. The molecule has 24 heavy (non-hydrogen) atoms. The smallest absolute Gasteiger partial charge is 0.326 e. The maximum absolute atomic E-state index is 12.9. The van der Waals surface area contributed by atoms with Crippen LogP contribution in [-0.4, -0.2) is 43.3 Å². The van der Waals surface area contributed by atoms with Gasteiger partial charge in [0.1, 0.15) is 16.2 Å². The molecule has 1 aromatic carbocycles. The average molecular weight is 369 g/mol. The van der Waals surface area contributed by atoms with Crippen molar-refractivity contribution >= 4 is 52.2 Å². The summed E-state index contributed by atoms with van der Waals surface area (Å²) < 4.78 is 13.0. The van der Waals surface area contributed by atoms with Crippen LogP contribution in [0.2, 0.25) is 0 Å². The van der Waals surface area contributed by atoms with Gasteiger partial charge in [-0.2, -0.15) is 0 Å². The van der Waals surface area contributed by atoms with Gasteiger partial charge in [0.05, 0.1) is 4.91 Å². The summed E-state index contributed by atoms with van der Waals surface area (Å²) in [5.41, 5.74) is 0.564. The molecule has 1 aliphatic rings. The molecule has 0 unspecified atom stereocenters.